The summed E-state index contributed by atoms with van der Waals surface area (Å²) < 4.78 is 30.4. The smallest absolute Gasteiger partial charge is 0.335 e. The van der Waals surface area contributed by atoms with Crippen LogP contribution in [0.4, 0.5) is 10.7 Å². The van der Waals surface area contributed by atoms with Crippen LogP contribution in [0.1, 0.15) is 5.82 Å². The molecule has 0 spiro atoms. The van der Waals surface area contributed by atoms with Crippen molar-refractivity contribution in [2.75, 3.05) is 12.4 Å². The number of aromatic nitrogens is 4. The van der Waals surface area contributed by atoms with Crippen LogP contribution in [-0.4, -0.2) is 41.5 Å². The highest BCUT2D eigenvalue weighted by molar-refractivity contribution is 7.90. The lowest BCUT2D eigenvalue weighted by atomic mass is 10.5. The molecule has 0 saturated carbocycles. The van der Waals surface area contributed by atoms with E-state index in [1.807, 2.05) is 0 Å². The molecule has 0 unspecified atom stereocenters. The largest absolute Gasteiger partial charge is 0.467 e. The lowest BCUT2D eigenvalue weighted by Gasteiger charge is -2.07. The van der Waals surface area contributed by atoms with Crippen molar-refractivity contribution in [1.29, 1.82) is 0 Å². The maximum Gasteiger partial charge on any atom is 0.335 e. The Morgan fingerprint density at radius 1 is 1.23 bits per heavy atom. The number of anilines is 1. The zero-order chi connectivity index (χ0) is 16.2. The van der Waals surface area contributed by atoms with Crippen LogP contribution in [0.2, 0.25) is 0 Å². The number of hydrogen-bond acceptors (Lipinski definition) is 8. The number of carbonyl (C=O) groups excluding carboxylic acids is 1. The highest BCUT2D eigenvalue weighted by Crippen LogP contribution is 2.07. The number of hydrogen-bond donors (Lipinski definition) is 2. The summed E-state index contributed by atoms with van der Waals surface area (Å²) in [4.78, 5) is 26.8. The first kappa shape index (κ1) is 15.6. The van der Waals surface area contributed by atoms with E-state index < -0.39 is 16.1 Å². The number of amides is 2. The van der Waals surface area contributed by atoms with Gasteiger partial charge in [0.05, 0.1) is 7.11 Å². The Labute approximate surface area is 126 Å². The van der Waals surface area contributed by atoms with Crippen LogP contribution in [0.3, 0.4) is 0 Å². The Hall–Kier alpha value is -2.82. The molecule has 0 bridgehead atoms. The molecule has 0 aliphatic rings. The van der Waals surface area contributed by atoms with Gasteiger partial charge in [0.25, 0.3) is 10.0 Å². The molecule has 2 N–H and O–H groups in total. The van der Waals surface area contributed by atoms with Gasteiger partial charge in [0.15, 0.2) is 5.03 Å². The minimum atomic E-state index is -4.08. The normalized spacial score (nSPS) is 10.8. The van der Waals surface area contributed by atoms with Crippen molar-refractivity contribution in [2.45, 2.75) is 11.9 Å². The van der Waals surface area contributed by atoms with Crippen LogP contribution in [-0.2, 0) is 10.0 Å². The van der Waals surface area contributed by atoms with Gasteiger partial charge in [-0.3, -0.25) is 5.32 Å². The number of aryl methyl sites for hydroxylation is 1. The quantitative estimate of drug-likeness (QED) is 0.807. The zero-order valence-electron chi connectivity index (χ0n) is 11.6. The topological polar surface area (TPSA) is 136 Å². The Kier molecular flexibility index (Phi) is 4.46. The monoisotopic (exact) mass is 324 g/mol. The van der Waals surface area contributed by atoms with Crippen LogP contribution < -0.4 is 14.8 Å². The van der Waals surface area contributed by atoms with Gasteiger partial charge in [0, 0.05) is 6.20 Å². The van der Waals surface area contributed by atoms with Gasteiger partial charge in [-0.25, -0.2) is 14.5 Å². The van der Waals surface area contributed by atoms with Crippen LogP contribution in [0.5, 0.6) is 6.01 Å². The van der Waals surface area contributed by atoms with Crippen molar-refractivity contribution < 1.29 is 17.9 Å². The molecule has 0 radical (unpaired) electrons. The third-order valence-corrected chi connectivity index (χ3v) is 3.52. The Morgan fingerprint density at radius 3 is 2.64 bits per heavy atom. The number of pyridine rings is 1. The molecule has 0 fully saturated rings. The van der Waals surface area contributed by atoms with Crippen molar-refractivity contribution >= 4 is 22.0 Å². The zero-order valence-corrected chi connectivity index (χ0v) is 12.5. The molecule has 0 aliphatic heterocycles. The van der Waals surface area contributed by atoms with E-state index in [4.69, 9.17) is 4.74 Å². The summed E-state index contributed by atoms with van der Waals surface area (Å²) in [5.74, 6) is 0.160. The third-order valence-electron chi connectivity index (χ3n) is 2.27. The first-order valence-electron chi connectivity index (χ1n) is 5.92. The fraction of sp³-hybridized carbons (Fsp3) is 0.182. The van der Waals surface area contributed by atoms with Crippen LogP contribution >= 0.6 is 0 Å². The van der Waals surface area contributed by atoms with Crippen molar-refractivity contribution in [3.63, 3.8) is 0 Å². The van der Waals surface area contributed by atoms with Gasteiger partial charge in [0.1, 0.15) is 5.82 Å². The molecule has 2 heterocycles. The summed E-state index contributed by atoms with van der Waals surface area (Å²) >= 11 is 0. The van der Waals surface area contributed by atoms with E-state index >= 15 is 0 Å². The number of nitrogens with one attached hydrogen (secondary N) is 2. The molecule has 11 heteroatoms. The van der Waals surface area contributed by atoms with Gasteiger partial charge in [-0.15, -0.1) is 0 Å². The first-order valence-corrected chi connectivity index (χ1v) is 7.40. The van der Waals surface area contributed by atoms with E-state index in [0.29, 0.717) is 5.82 Å². The highest BCUT2D eigenvalue weighted by Gasteiger charge is 2.19. The molecule has 0 aliphatic carbocycles. The average molecular weight is 324 g/mol. The molecule has 2 aromatic rings. The lowest BCUT2D eigenvalue weighted by molar-refractivity contribution is 0.256. The molecule has 0 saturated heterocycles. The molecule has 10 nitrogen and oxygen atoms in total. The van der Waals surface area contributed by atoms with E-state index in [2.05, 4.69) is 25.3 Å². The minimum Gasteiger partial charge on any atom is -0.467 e. The maximum atomic E-state index is 11.9. The summed E-state index contributed by atoms with van der Waals surface area (Å²) in [6.45, 7) is 1.57. The molecule has 2 amide bonds. The second kappa shape index (κ2) is 6.30. The van der Waals surface area contributed by atoms with Gasteiger partial charge in [-0.2, -0.15) is 23.4 Å². The summed E-state index contributed by atoms with van der Waals surface area (Å²) in [6.07, 6.45) is 1.30. The van der Waals surface area contributed by atoms with Crippen LogP contribution in [0, 0.1) is 6.92 Å². The number of rotatable bonds is 4. The molecular formula is C11H12N6O4S. The molecule has 0 atom stereocenters. The fourth-order valence-corrected chi connectivity index (χ4v) is 2.27. The van der Waals surface area contributed by atoms with E-state index in [1.54, 1.807) is 17.7 Å². The van der Waals surface area contributed by atoms with Crippen molar-refractivity contribution in [1.82, 2.24) is 24.7 Å². The van der Waals surface area contributed by atoms with Gasteiger partial charge < -0.3 is 4.74 Å². The van der Waals surface area contributed by atoms with E-state index in [9.17, 15) is 13.2 Å². The predicted octanol–water partition coefficient (Wildman–Crippen LogP) is 0.0940. The lowest BCUT2D eigenvalue weighted by Crippen LogP contribution is -2.35. The Balaban J connectivity index is 2.12. The van der Waals surface area contributed by atoms with Crippen LogP contribution in [0.25, 0.3) is 0 Å². The van der Waals surface area contributed by atoms with Gasteiger partial charge in [-0.1, -0.05) is 6.07 Å². The molecule has 0 aromatic carbocycles. The molecule has 2 rings (SSSR count). The van der Waals surface area contributed by atoms with Crippen LogP contribution in [0.15, 0.2) is 29.4 Å². The molecule has 22 heavy (non-hydrogen) atoms. The fourth-order valence-electron chi connectivity index (χ4n) is 1.41. The van der Waals surface area contributed by atoms with Crippen molar-refractivity contribution in [3.05, 3.63) is 30.2 Å². The predicted molar refractivity (Wildman–Crippen MR) is 74.7 cm³/mol. The summed E-state index contributed by atoms with van der Waals surface area (Å²) in [5.41, 5.74) is 0. The van der Waals surface area contributed by atoms with Crippen molar-refractivity contribution in [3.8, 4) is 6.01 Å². The minimum absolute atomic E-state index is 0.00427. The Morgan fingerprint density at radius 2 is 2.00 bits per heavy atom. The second-order valence-corrected chi connectivity index (χ2v) is 5.55. The SMILES string of the molecule is COc1nc(C)nc(NC(=O)NS(=O)(=O)c2ccccn2)n1. The number of ether oxygens (including phenoxy) is 1. The summed E-state index contributed by atoms with van der Waals surface area (Å²) in [7, 11) is -2.73. The molecular weight excluding hydrogens is 312 g/mol. The van der Waals surface area contributed by atoms with Gasteiger partial charge >= 0.3 is 12.0 Å². The average Bonchev–Trinajstić information content (AvgIpc) is 2.46. The summed E-state index contributed by atoms with van der Waals surface area (Å²) in [6, 6.07) is 3.26. The number of carbonyl (C=O) groups is 1. The molecule has 116 valence electrons. The first-order chi connectivity index (χ1) is 10.4. The number of methoxy groups -OCH3 is 1. The van der Waals surface area contributed by atoms with Crippen molar-refractivity contribution in [2.24, 2.45) is 0 Å². The van der Waals surface area contributed by atoms with Gasteiger partial charge in [-0.05, 0) is 19.1 Å². The maximum absolute atomic E-state index is 11.9. The highest BCUT2D eigenvalue weighted by atomic mass is 32.2. The van der Waals surface area contributed by atoms with E-state index in [0.717, 1.165) is 0 Å². The van der Waals surface area contributed by atoms with E-state index in [-0.39, 0.29) is 17.0 Å². The van der Waals surface area contributed by atoms with E-state index in [1.165, 1.54) is 25.4 Å². The molecule has 2 aromatic heterocycles. The Bertz CT molecular complexity index is 780. The third kappa shape index (κ3) is 3.85. The number of urea groups is 1. The summed E-state index contributed by atoms with van der Waals surface area (Å²) in [5, 5.41) is 1.90. The second-order valence-electron chi connectivity index (χ2n) is 3.92. The van der Waals surface area contributed by atoms with Gasteiger partial charge in [0.2, 0.25) is 5.95 Å². The number of nitrogens with zero attached hydrogens (tertiary/aromatic N) is 4. The number of sulfonamides is 1. The standard InChI is InChI=1S/C11H12N6O4S/c1-7-13-9(16-11(14-7)21-2)15-10(18)17-22(19,20)8-5-3-4-6-12-8/h3-6H,1-2H3,(H2,13,14,15,16,17,18).